The zero-order valence-electron chi connectivity index (χ0n) is 2.60. The van der Waals surface area contributed by atoms with Crippen LogP contribution in [0.4, 0.5) is 0 Å². The van der Waals surface area contributed by atoms with Crippen molar-refractivity contribution >= 4 is 6.21 Å². The van der Waals surface area contributed by atoms with Gasteiger partial charge in [-0.1, -0.05) is 0 Å². The Hall–Kier alpha value is -0.790. The van der Waals surface area contributed by atoms with Crippen LogP contribution in [0.2, 0.25) is 0 Å². The molecular formula is C3H3N2+. The molecule has 0 spiro atoms. The van der Waals surface area contributed by atoms with E-state index in [4.69, 9.17) is 0 Å². The number of nitrogens with one attached hydrogen (secondary N) is 1. The molecule has 0 aliphatic carbocycles. The Morgan fingerprint density at radius 2 is 2.80 bits per heavy atom. The molecule has 1 aliphatic rings. The molecule has 2 nitrogen and oxygen atoms in total. The third-order valence-corrected chi connectivity index (χ3v) is 0.362. The fraction of sp³-hybridized carbons (Fsp3) is 0. The number of nitrogens with zero attached hydrogens (tertiary/aromatic N) is 1. The lowest BCUT2D eigenvalue weighted by atomic mass is 10.7. The average Bonchev–Trinajstić information content (AvgIpc) is 1.76. The van der Waals surface area contributed by atoms with E-state index >= 15 is 0 Å². The highest BCUT2D eigenvalue weighted by molar-refractivity contribution is 5.66. The molecule has 0 aromatic rings. The van der Waals surface area contributed by atoms with Crippen LogP contribution < -0.4 is 10.5 Å². The van der Waals surface area contributed by atoms with E-state index in [2.05, 4.69) is 16.6 Å². The van der Waals surface area contributed by atoms with Crippen molar-refractivity contribution in [3.05, 3.63) is 12.3 Å². The Balaban J connectivity index is 2.61. The Labute approximate surface area is 30.2 Å². The highest BCUT2D eigenvalue weighted by Gasteiger charge is 1.87. The molecule has 2 heteroatoms. The summed E-state index contributed by atoms with van der Waals surface area (Å²) in [6, 6.07) is 0. The van der Waals surface area contributed by atoms with Gasteiger partial charge >= 0.3 is 0 Å². The predicted molar refractivity (Wildman–Crippen MR) is 19.1 cm³/mol. The minimum Gasteiger partial charge on any atom is -0.107 e. The molecule has 1 N–H and O–H groups in total. The van der Waals surface area contributed by atoms with E-state index in [1.807, 2.05) is 0 Å². The summed E-state index contributed by atoms with van der Waals surface area (Å²) >= 11 is 0. The van der Waals surface area contributed by atoms with Crippen LogP contribution in [0, 0.1) is 6.08 Å². The average molecular weight is 67.1 g/mol. The van der Waals surface area contributed by atoms with E-state index < -0.39 is 0 Å². The minimum atomic E-state index is 1.57. The quantitative estimate of drug-likeness (QED) is 0.395. The maximum atomic E-state index is 3.54. The van der Waals surface area contributed by atoms with Crippen LogP contribution in [0.3, 0.4) is 0 Å². The van der Waals surface area contributed by atoms with Gasteiger partial charge in [0.2, 0.25) is 0 Å². The van der Waals surface area contributed by atoms with Gasteiger partial charge in [0, 0.05) is 0 Å². The molecule has 0 saturated carbocycles. The van der Waals surface area contributed by atoms with Crippen molar-refractivity contribution in [3.63, 3.8) is 0 Å². The highest BCUT2D eigenvalue weighted by atomic mass is 15.3. The van der Waals surface area contributed by atoms with Crippen LogP contribution >= 0.6 is 0 Å². The van der Waals surface area contributed by atoms with Gasteiger partial charge in [-0.15, -0.1) is 5.43 Å². The lowest BCUT2D eigenvalue weighted by molar-refractivity contribution is 0.892. The monoisotopic (exact) mass is 67.0 g/mol. The van der Waals surface area contributed by atoms with Crippen LogP contribution in [0.15, 0.2) is 6.20 Å². The molecule has 0 aromatic heterocycles. The van der Waals surface area contributed by atoms with Crippen molar-refractivity contribution in [2.45, 2.75) is 0 Å². The molecule has 24 valence electrons. The van der Waals surface area contributed by atoms with Gasteiger partial charge < -0.3 is 0 Å². The summed E-state index contributed by atoms with van der Waals surface area (Å²) in [7, 11) is 0. The first kappa shape index (κ1) is 2.45. The topological polar surface area (TPSA) is 26.1 Å². The first-order valence-electron chi connectivity index (χ1n) is 1.35. The molecule has 1 aliphatic heterocycles. The Morgan fingerprint density at radius 3 is 3.00 bits per heavy atom. The molecule has 0 unspecified atom stereocenters. The Morgan fingerprint density at radius 1 is 1.80 bits per heavy atom. The highest BCUT2D eigenvalue weighted by Crippen LogP contribution is 1.57. The van der Waals surface area contributed by atoms with E-state index in [0.29, 0.717) is 0 Å². The van der Waals surface area contributed by atoms with Gasteiger partial charge in [0.1, 0.15) is 0 Å². The number of hydrogen-bond acceptors (Lipinski definition) is 2. The van der Waals surface area contributed by atoms with Crippen LogP contribution in [-0.2, 0) is 0 Å². The van der Waals surface area contributed by atoms with Gasteiger partial charge in [0.25, 0.3) is 6.21 Å². The van der Waals surface area contributed by atoms with Crippen LogP contribution in [0.25, 0.3) is 0 Å². The first-order chi connectivity index (χ1) is 2.50. The molecule has 5 heavy (non-hydrogen) atoms. The molecule has 0 aromatic carbocycles. The van der Waals surface area contributed by atoms with Gasteiger partial charge in [-0.05, 0) is 0 Å². The maximum Gasteiger partial charge on any atom is 0.284 e. The van der Waals surface area contributed by atoms with Crippen molar-refractivity contribution in [3.8, 4) is 0 Å². The summed E-state index contributed by atoms with van der Waals surface area (Å²) in [5, 5.41) is 3.54. The van der Waals surface area contributed by atoms with Crippen LogP contribution in [0.5, 0.6) is 0 Å². The molecule has 1 heterocycles. The molecular weight excluding hydrogens is 64.0 g/mol. The largest absolute Gasteiger partial charge is 0.284 e. The normalized spacial score (nSPS) is 16.0. The second-order valence-electron chi connectivity index (χ2n) is 0.698. The fourth-order valence-corrected chi connectivity index (χ4v) is 0.186. The number of allylic oxidation sites excluding steroid dienone is 1. The second kappa shape index (κ2) is 0.885. The van der Waals surface area contributed by atoms with Crippen molar-refractivity contribution in [1.29, 1.82) is 0 Å². The summed E-state index contributed by atoms with van der Waals surface area (Å²) in [4.78, 5) is 0. The zero-order chi connectivity index (χ0) is 3.54. The first-order valence-corrected chi connectivity index (χ1v) is 1.35. The predicted octanol–water partition coefficient (Wildman–Crippen LogP) is -0.772. The minimum absolute atomic E-state index is 1.57. The second-order valence-corrected chi connectivity index (χ2v) is 0.698. The van der Waals surface area contributed by atoms with Crippen molar-refractivity contribution in [1.82, 2.24) is 10.5 Å². The van der Waals surface area contributed by atoms with E-state index in [1.54, 1.807) is 12.4 Å². The van der Waals surface area contributed by atoms with Crippen molar-refractivity contribution in [2.24, 2.45) is 0 Å². The van der Waals surface area contributed by atoms with Crippen LogP contribution in [0.1, 0.15) is 0 Å². The third kappa shape index (κ3) is 0.265. The molecule has 0 amide bonds. The number of hydrazone groups is 1. The molecule has 1 rings (SSSR count). The number of hydrogen-bond donors (Lipinski definition) is 1. The third-order valence-electron chi connectivity index (χ3n) is 0.362. The van der Waals surface area contributed by atoms with Gasteiger partial charge in [0.15, 0.2) is 5.10 Å². The molecule has 0 bridgehead atoms. The van der Waals surface area contributed by atoms with E-state index in [1.165, 1.54) is 0 Å². The van der Waals surface area contributed by atoms with Crippen LogP contribution in [-0.4, -0.2) is 6.21 Å². The Kier molecular flexibility index (Phi) is 0.433. The molecule has 0 saturated heterocycles. The Bertz CT molecular complexity index is 63.0. The SMILES string of the molecule is [C]1=CN[N+]=C1. The summed E-state index contributed by atoms with van der Waals surface area (Å²) in [5.41, 5.74) is 2.56. The summed E-state index contributed by atoms with van der Waals surface area (Å²) < 4.78 is 0. The van der Waals surface area contributed by atoms with Gasteiger partial charge in [-0.3, -0.25) is 0 Å². The molecule has 0 fully saturated rings. The summed E-state index contributed by atoms with van der Waals surface area (Å²) in [6.45, 7) is 0. The van der Waals surface area contributed by atoms with Gasteiger partial charge in [0.05, 0.1) is 12.3 Å². The van der Waals surface area contributed by atoms with Crippen molar-refractivity contribution < 1.29 is 0 Å². The smallest absolute Gasteiger partial charge is 0.107 e. The van der Waals surface area contributed by atoms with E-state index in [9.17, 15) is 0 Å². The van der Waals surface area contributed by atoms with Gasteiger partial charge in [-0.2, -0.15) is 0 Å². The number of rotatable bonds is 0. The molecule has 2 radical (unpaired) electrons. The summed E-state index contributed by atoms with van der Waals surface area (Å²) in [6.07, 6.45) is 5.90. The fourth-order valence-electron chi connectivity index (χ4n) is 0.186. The standard InChI is InChI=1S/C3H3N2/c1-2-4-5-3-1/h2-4H/q+1. The lowest BCUT2D eigenvalue weighted by Crippen LogP contribution is -1.99. The zero-order valence-corrected chi connectivity index (χ0v) is 2.60. The van der Waals surface area contributed by atoms with E-state index in [-0.39, 0.29) is 0 Å². The maximum absolute atomic E-state index is 3.54. The molecule has 0 atom stereocenters. The van der Waals surface area contributed by atoms with E-state index in [0.717, 1.165) is 0 Å². The van der Waals surface area contributed by atoms with Crippen molar-refractivity contribution in [2.75, 3.05) is 0 Å². The lowest BCUT2D eigenvalue weighted by Gasteiger charge is -1.50. The summed E-state index contributed by atoms with van der Waals surface area (Å²) in [5.74, 6) is 0. The van der Waals surface area contributed by atoms with Gasteiger partial charge in [-0.25, -0.2) is 0 Å².